The Bertz CT molecular complexity index is 415. The summed E-state index contributed by atoms with van der Waals surface area (Å²) in [5, 5.41) is 11.3. The molecule has 17 heavy (non-hydrogen) atoms. The maximum atomic E-state index is 9.29. The van der Waals surface area contributed by atoms with Crippen molar-refractivity contribution >= 4 is 11.3 Å². The van der Waals surface area contributed by atoms with Crippen molar-refractivity contribution in [3.63, 3.8) is 0 Å². The molecule has 0 spiro atoms. The highest BCUT2D eigenvalue weighted by molar-refractivity contribution is 7.10. The van der Waals surface area contributed by atoms with Gasteiger partial charge < -0.3 is 10.8 Å². The molecule has 3 nitrogen and oxygen atoms in total. The van der Waals surface area contributed by atoms with E-state index >= 15 is 0 Å². The monoisotopic (exact) mass is 252 g/mol. The second kappa shape index (κ2) is 6.18. The second-order valence-electron chi connectivity index (χ2n) is 4.63. The summed E-state index contributed by atoms with van der Waals surface area (Å²) in [5.74, 6) is 5.86. The van der Waals surface area contributed by atoms with Crippen molar-refractivity contribution in [2.45, 2.75) is 25.9 Å². The fourth-order valence-corrected chi connectivity index (χ4v) is 2.12. The van der Waals surface area contributed by atoms with E-state index in [0.29, 0.717) is 6.54 Å². The van der Waals surface area contributed by atoms with E-state index in [0.717, 1.165) is 12.1 Å². The summed E-state index contributed by atoms with van der Waals surface area (Å²) < 4.78 is 0. The van der Waals surface area contributed by atoms with Gasteiger partial charge in [-0.2, -0.15) is 0 Å². The Balaban J connectivity index is 2.66. The Labute approximate surface area is 107 Å². The van der Waals surface area contributed by atoms with Crippen LogP contribution in [0.3, 0.4) is 0 Å². The van der Waals surface area contributed by atoms with Gasteiger partial charge in [0, 0.05) is 27.9 Å². The van der Waals surface area contributed by atoms with Crippen molar-refractivity contribution < 1.29 is 5.11 Å². The minimum Gasteiger partial charge on any atom is -0.394 e. The highest BCUT2D eigenvalue weighted by Crippen LogP contribution is 2.20. The molecule has 0 bridgehead atoms. The minimum absolute atomic E-state index is 0.148. The van der Waals surface area contributed by atoms with Crippen LogP contribution in [-0.2, 0) is 6.54 Å². The maximum absolute atomic E-state index is 9.29. The lowest BCUT2D eigenvalue weighted by Gasteiger charge is -2.33. The van der Waals surface area contributed by atoms with Gasteiger partial charge in [0.2, 0.25) is 0 Å². The number of likely N-dealkylation sites (N-methyl/N-ethyl adjacent to an activating group) is 1. The zero-order valence-electron chi connectivity index (χ0n) is 10.7. The van der Waals surface area contributed by atoms with Crippen LogP contribution in [0.15, 0.2) is 11.4 Å². The van der Waals surface area contributed by atoms with E-state index in [9.17, 15) is 5.11 Å². The molecule has 1 rings (SSSR count). The molecule has 4 heteroatoms. The van der Waals surface area contributed by atoms with Gasteiger partial charge in [-0.1, -0.05) is 11.8 Å². The van der Waals surface area contributed by atoms with Gasteiger partial charge in [-0.15, -0.1) is 11.3 Å². The highest BCUT2D eigenvalue weighted by atomic mass is 32.1. The number of hydrogen-bond acceptors (Lipinski definition) is 4. The van der Waals surface area contributed by atoms with Crippen molar-refractivity contribution in [3.8, 4) is 11.8 Å². The number of aliphatic hydroxyl groups excluding tert-OH is 1. The summed E-state index contributed by atoms with van der Waals surface area (Å²) in [6.07, 6.45) is 0. The molecule has 0 radical (unpaired) electrons. The first-order valence-corrected chi connectivity index (χ1v) is 6.46. The average molecular weight is 252 g/mol. The summed E-state index contributed by atoms with van der Waals surface area (Å²) in [6.45, 7) is 5.41. The Kier molecular flexibility index (Phi) is 5.16. The number of nitrogens with two attached hydrogens (primary N) is 1. The lowest BCUT2D eigenvalue weighted by atomic mass is 10.1. The van der Waals surface area contributed by atoms with Crippen LogP contribution in [0.25, 0.3) is 0 Å². The van der Waals surface area contributed by atoms with Crippen LogP contribution in [0.5, 0.6) is 0 Å². The van der Waals surface area contributed by atoms with Crippen LogP contribution in [0.2, 0.25) is 0 Å². The van der Waals surface area contributed by atoms with E-state index in [2.05, 4.69) is 22.8 Å². The summed E-state index contributed by atoms with van der Waals surface area (Å²) in [6, 6.07) is 2.08. The Morgan fingerprint density at radius 2 is 2.24 bits per heavy atom. The van der Waals surface area contributed by atoms with Gasteiger partial charge in [0.05, 0.1) is 13.2 Å². The molecule has 94 valence electrons. The molecular weight excluding hydrogens is 232 g/mol. The molecule has 0 aliphatic carbocycles. The van der Waals surface area contributed by atoms with E-state index < -0.39 is 0 Å². The predicted molar refractivity (Wildman–Crippen MR) is 72.9 cm³/mol. The summed E-state index contributed by atoms with van der Waals surface area (Å²) >= 11 is 1.69. The maximum Gasteiger partial charge on any atom is 0.0610 e. The standard InChI is InChI=1S/C13H20N2OS/c1-13(2,10-16)15(3)8-12-7-11(9-17-12)5-4-6-14/h7,9,16H,6,8,10,14H2,1-3H3. The van der Waals surface area contributed by atoms with Gasteiger partial charge in [0.1, 0.15) is 0 Å². The average Bonchev–Trinajstić information content (AvgIpc) is 2.74. The van der Waals surface area contributed by atoms with Gasteiger partial charge in [0.25, 0.3) is 0 Å². The molecule has 0 aliphatic heterocycles. The first kappa shape index (κ1) is 14.2. The van der Waals surface area contributed by atoms with Gasteiger partial charge in [-0.05, 0) is 27.0 Å². The van der Waals surface area contributed by atoms with Crippen molar-refractivity contribution in [3.05, 3.63) is 21.9 Å². The Hall–Kier alpha value is -0.860. The van der Waals surface area contributed by atoms with Crippen LogP contribution in [0.4, 0.5) is 0 Å². The van der Waals surface area contributed by atoms with Crippen LogP contribution in [0.1, 0.15) is 24.3 Å². The number of nitrogens with zero attached hydrogens (tertiary/aromatic N) is 1. The van der Waals surface area contributed by atoms with Crippen molar-refractivity contribution in [1.82, 2.24) is 4.90 Å². The smallest absolute Gasteiger partial charge is 0.0610 e. The van der Waals surface area contributed by atoms with E-state index in [1.54, 1.807) is 11.3 Å². The largest absolute Gasteiger partial charge is 0.394 e. The fourth-order valence-electron chi connectivity index (χ4n) is 1.25. The van der Waals surface area contributed by atoms with Crippen LogP contribution in [0, 0.1) is 11.8 Å². The third kappa shape index (κ3) is 4.14. The SMILES string of the molecule is CN(Cc1cc(C#CCN)cs1)C(C)(C)CO. The van der Waals surface area contributed by atoms with Gasteiger partial charge in [-0.25, -0.2) is 0 Å². The van der Waals surface area contributed by atoms with Crippen LogP contribution >= 0.6 is 11.3 Å². The molecule has 0 saturated heterocycles. The van der Waals surface area contributed by atoms with Gasteiger partial charge >= 0.3 is 0 Å². The zero-order valence-corrected chi connectivity index (χ0v) is 11.5. The van der Waals surface area contributed by atoms with Crippen molar-refractivity contribution in [2.24, 2.45) is 5.73 Å². The van der Waals surface area contributed by atoms with Gasteiger partial charge in [-0.3, -0.25) is 4.90 Å². The summed E-state index contributed by atoms with van der Waals surface area (Å²) in [4.78, 5) is 3.38. The third-order valence-electron chi connectivity index (χ3n) is 2.80. The lowest BCUT2D eigenvalue weighted by Crippen LogP contribution is -2.43. The van der Waals surface area contributed by atoms with E-state index in [1.807, 2.05) is 26.3 Å². The first-order chi connectivity index (χ1) is 7.99. The molecule has 1 aromatic heterocycles. The number of rotatable bonds is 4. The number of hydrogen-bond donors (Lipinski definition) is 2. The summed E-state index contributed by atoms with van der Waals surface area (Å²) in [7, 11) is 2.02. The van der Waals surface area contributed by atoms with Gasteiger partial charge in [0.15, 0.2) is 0 Å². The quantitative estimate of drug-likeness (QED) is 0.793. The molecule has 0 aromatic carbocycles. The molecule has 0 fully saturated rings. The lowest BCUT2D eigenvalue weighted by molar-refractivity contribution is 0.0741. The second-order valence-corrected chi connectivity index (χ2v) is 5.63. The Morgan fingerprint density at radius 3 is 2.82 bits per heavy atom. The number of thiophene rings is 1. The molecule has 1 heterocycles. The van der Waals surface area contributed by atoms with Crippen molar-refractivity contribution in [2.75, 3.05) is 20.2 Å². The van der Waals surface area contributed by atoms with Crippen LogP contribution < -0.4 is 5.73 Å². The molecular formula is C13H20N2OS. The Morgan fingerprint density at radius 1 is 1.53 bits per heavy atom. The molecule has 0 aliphatic rings. The molecule has 0 saturated carbocycles. The molecule has 0 amide bonds. The molecule has 1 aromatic rings. The molecule has 3 N–H and O–H groups in total. The van der Waals surface area contributed by atoms with Crippen molar-refractivity contribution in [1.29, 1.82) is 0 Å². The third-order valence-corrected chi connectivity index (χ3v) is 3.72. The molecule has 0 atom stereocenters. The first-order valence-electron chi connectivity index (χ1n) is 5.58. The normalized spacial score (nSPS) is 11.4. The highest BCUT2D eigenvalue weighted by Gasteiger charge is 2.22. The van der Waals surface area contributed by atoms with E-state index in [4.69, 9.17) is 5.73 Å². The van der Waals surface area contributed by atoms with Crippen LogP contribution in [-0.4, -0.2) is 35.7 Å². The summed E-state index contributed by atoms with van der Waals surface area (Å²) in [5.41, 5.74) is 6.15. The minimum atomic E-state index is -0.201. The topological polar surface area (TPSA) is 49.5 Å². The predicted octanol–water partition coefficient (Wildman–Crippen LogP) is 1.26. The fraction of sp³-hybridized carbons (Fsp3) is 0.538. The van der Waals surface area contributed by atoms with E-state index in [1.165, 1.54) is 4.88 Å². The number of aliphatic hydroxyl groups is 1. The zero-order chi connectivity index (χ0) is 12.9. The van der Waals surface area contributed by atoms with E-state index in [-0.39, 0.29) is 12.1 Å². The molecule has 0 unspecified atom stereocenters.